The van der Waals surface area contributed by atoms with Crippen molar-refractivity contribution in [3.8, 4) is 0 Å². The number of carbonyl (C=O) groups is 4. The number of amides is 1. The van der Waals surface area contributed by atoms with Gasteiger partial charge in [0.1, 0.15) is 0 Å². The lowest BCUT2D eigenvalue weighted by Gasteiger charge is -2.51. The molecule has 3 fully saturated rings. The van der Waals surface area contributed by atoms with E-state index in [1.165, 1.54) is 13.2 Å². The van der Waals surface area contributed by atoms with Crippen molar-refractivity contribution in [3.05, 3.63) is 11.6 Å². The molecule has 1 saturated carbocycles. The van der Waals surface area contributed by atoms with Gasteiger partial charge in [-0.25, -0.2) is 0 Å². The predicted molar refractivity (Wildman–Crippen MR) is 82.7 cm³/mol. The molecule has 24 heavy (non-hydrogen) atoms. The summed E-state index contributed by atoms with van der Waals surface area (Å²) in [6.45, 7) is 4.24. The summed E-state index contributed by atoms with van der Waals surface area (Å²) >= 11 is 0. The van der Waals surface area contributed by atoms with E-state index in [1.807, 2.05) is 6.92 Å². The Morgan fingerprint density at radius 3 is 2.71 bits per heavy atom. The second-order valence-electron chi connectivity index (χ2n) is 7.78. The molecule has 0 aromatic heterocycles. The van der Waals surface area contributed by atoms with Crippen LogP contribution >= 0.6 is 0 Å². The van der Waals surface area contributed by atoms with E-state index in [0.29, 0.717) is 18.5 Å². The minimum Gasteiger partial charge on any atom is -0.468 e. The fourth-order valence-corrected chi connectivity index (χ4v) is 5.63. The third-order valence-electron chi connectivity index (χ3n) is 6.95. The Bertz CT molecular complexity index is 725. The van der Waals surface area contributed by atoms with E-state index in [4.69, 9.17) is 4.74 Å². The standard InChI is InChI=1S/C18H21NO5/c1-9-8-19-13-7-11(9)14(21)12-6-10(20)4-5-18(15(19)22,16(23)24-3)17(12,13)2/h6,9,11,13H,4-5,7-8H2,1-3H3/t9-,11?,13?,17+,18-/m1/s1. The number of hydrogen-bond donors (Lipinski definition) is 0. The van der Waals surface area contributed by atoms with E-state index in [1.54, 1.807) is 11.8 Å². The average molecular weight is 331 g/mol. The molecule has 0 spiro atoms. The largest absolute Gasteiger partial charge is 0.468 e. The van der Waals surface area contributed by atoms with Gasteiger partial charge in [0.05, 0.1) is 7.11 Å². The average Bonchev–Trinajstić information content (AvgIpc) is 2.66. The monoisotopic (exact) mass is 331 g/mol. The molecule has 2 bridgehead atoms. The summed E-state index contributed by atoms with van der Waals surface area (Å²) in [5.41, 5.74) is -2.09. The Labute approximate surface area is 140 Å². The van der Waals surface area contributed by atoms with Gasteiger partial charge in [-0.1, -0.05) is 13.8 Å². The first-order chi connectivity index (χ1) is 11.3. The van der Waals surface area contributed by atoms with Gasteiger partial charge in [-0.05, 0) is 24.8 Å². The maximum Gasteiger partial charge on any atom is 0.322 e. The van der Waals surface area contributed by atoms with E-state index in [9.17, 15) is 19.2 Å². The number of ether oxygens (including phenoxy) is 1. The van der Waals surface area contributed by atoms with Crippen molar-refractivity contribution < 1.29 is 23.9 Å². The van der Waals surface area contributed by atoms with Gasteiger partial charge in [0.2, 0.25) is 5.91 Å². The van der Waals surface area contributed by atoms with Gasteiger partial charge in [0.15, 0.2) is 17.0 Å². The van der Waals surface area contributed by atoms with Crippen LogP contribution in [0.2, 0.25) is 0 Å². The number of methoxy groups -OCH3 is 1. The van der Waals surface area contributed by atoms with E-state index in [-0.39, 0.29) is 48.2 Å². The summed E-state index contributed by atoms with van der Waals surface area (Å²) in [6, 6.07) is -0.222. The first kappa shape index (κ1) is 15.5. The molecule has 2 unspecified atom stereocenters. The molecule has 2 aliphatic heterocycles. The van der Waals surface area contributed by atoms with Crippen molar-refractivity contribution in [1.29, 1.82) is 0 Å². The second kappa shape index (κ2) is 4.55. The van der Waals surface area contributed by atoms with Gasteiger partial charge in [-0.15, -0.1) is 0 Å². The van der Waals surface area contributed by atoms with E-state index in [0.717, 1.165) is 0 Å². The van der Waals surface area contributed by atoms with Crippen molar-refractivity contribution in [2.75, 3.05) is 13.7 Å². The summed E-state index contributed by atoms with van der Waals surface area (Å²) in [7, 11) is 1.26. The molecule has 2 heterocycles. The number of nitrogens with zero attached hydrogens (tertiary/aromatic N) is 1. The SMILES string of the molecule is COC(=O)[C@@]12CCC(=O)C=C3C(=O)C4CC(N(C[C@H]4C)C1=O)[C@]32C. The normalized spacial score (nSPS) is 43.5. The maximum absolute atomic E-state index is 13.4. The first-order valence-corrected chi connectivity index (χ1v) is 8.47. The van der Waals surface area contributed by atoms with Crippen molar-refractivity contribution in [2.24, 2.45) is 22.7 Å². The summed E-state index contributed by atoms with van der Waals surface area (Å²) in [5, 5.41) is 0. The first-order valence-electron chi connectivity index (χ1n) is 8.47. The molecule has 4 aliphatic rings. The van der Waals surface area contributed by atoms with Gasteiger partial charge >= 0.3 is 5.97 Å². The summed E-state index contributed by atoms with van der Waals surface area (Å²) in [5.74, 6) is -1.32. The molecule has 6 heteroatoms. The van der Waals surface area contributed by atoms with E-state index >= 15 is 0 Å². The lowest BCUT2D eigenvalue weighted by Crippen LogP contribution is -2.58. The Morgan fingerprint density at radius 2 is 2.04 bits per heavy atom. The van der Waals surface area contributed by atoms with Crippen LogP contribution in [0.15, 0.2) is 11.6 Å². The zero-order valence-electron chi connectivity index (χ0n) is 14.1. The highest BCUT2D eigenvalue weighted by Gasteiger charge is 2.76. The number of hydrogen-bond acceptors (Lipinski definition) is 5. The quantitative estimate of drug-likeness (QED) is 0.526. The molecule has 0 N–H and O–H groups in total. The molecule has 0 radical (unpaired) electrons. The lowest BCUT2D eigenvalue weighted by atomic mass is 9.52. The number of fused-ring (bicyclic) bond motifs is 1. The number of ketones is 2. The van der Waals surface area contributed by atoms with Gasteiger partial charge in [-0.3, -0.25) is 19.2 Å². The van der Waals surface area contributed by atoms with Crippen LogP contribution < -0.4 is 0 Å². The van der Waals surface area contributed by atoms with Gasteiger partial charge in [0.25, 0.3) is 0 Å². The van der Waals surface area contributed by atoms with E-state index in [2.05, 4.69) is 0 Å². The fraction of sp³-hybridized carbons (Fsp3) is 0.667. The predicted octanol–water partition coefficient (Wildman–Crippen LogP) is 0.891. The number of rotatable bonds is 1. The van der Waals surface area contributed by atoms with Gasteiger partial charge < -0.3 is 9.64 Å². The van der Waals surface area contributed by atoms with Crippen LogP contribution in [-0.2, 0) is 23.9 Å². The minimum atomic E-state index is -1.46. The molecular formula is C18H21NO5. The smallest absolute Gasteiger partial charge is 0.322 e. The van der Waals surface area contributed by atoms with Gasteiger partial charge in [0, 0.05) is 35.9 Å². The molecule has 2 saturated heterocycles. The highest BCUT2D eigenvalue weighted by molar-refractivity contribution is 6.14. The summed E-state index contributed by atoms with van der Waals surface area (Å²) in [6.07, 6.45) is 2.15. The molecule has 0 aromatic rings. The van der Waals surface area contributed by atoms with Crippen molar-refractivity contribution in [3.63, 3.8) is 0 Å². The van der Waals surface area contributed by atoms with E-state index < -0.39 is 16.8 Å². The number of Topliss-reactive ketones (excluding diaryl/α,β-unsaturated/α-hetero) is 1. The fourth-order valence-electron chi connectivity index (χ4n) is 5.63. The molecule has 2 aliphatic carbocycles. The lowest BCUT2D eigenvalue weighted by molar-refractivity contribution is -0.164. The zero-order chi connectivity index (χ0) is 17.4. The molecular weight excluding hydrogens is 310 g/mol. The Kier molecular flexibility index (Phi) is 2.95. The number of esters is 1. The van der Waals surface area contributed by atoms with Crippen LogP contribution in [0.1, 0.15) is 33.1 Å². The Morgan fingerprint density at radius 1 is 1.33 bits per heavy atom. The zero-order valence-corrected chi connectivity index (χ0v) is 14.1. The Hall–Kier alpha value is -1.98. The molecule has 1 amide bonds. The number of carbonyl (C=O) groups excluding carboxylic acids is 4. The summed E-state index contributed by atoms with van der Waals surface area (Å²) < 4.78 is 5.02. The highest BCUT2D eigenvalue weighted by Crippen LogP contribution is 2.65. The van der Waals surface area contributed by atoms with Crippen LogP contribution in [0, 0.1) is 22.7 Å². The molecule has 5 atom stereocenters. The highest BCUT2D eigenvalue weighted by atomic mass is 16.5. The van der Waals surface area contributed by atoms with Crippen LogP contribution in [-0.4, -0.2) is 48.0 Å². The van der Waals surface area contributed by atoms with Crippen LogP contribution in [0.25, 0.3) is 0 Å². The van der Waals surface area contributed by atoms with Crippen molar-refractivity contribution in [2.45, 2.75) is 39.2 Å². The van der Waals surface area contributed by atoms with Crippen molar-refractivity contribution >= 4 is 23.4 Å². The molecule has 6 nitrogen and oxygen atoms in total. The van der Waals surface area contributed by atoms with Crippen LogP contribution in [0.5, 0.6) is 0 Å². The summed E-state index contributed by atoms with van der Waals surface area (Å²) in [4.78, 5) is 53.3. The van der Waals surface area contributed by atoms with Crippen LogP contribution in [0.3, 0.4) is 0 Å². The third-order valence-corrected chi connectivity index (χ3v) is 6.95. The third kappa shape index (κ3) is 1.44. The molecule has 0 aromatic carbocycles. The van der Waals surface area contributed by atoms with Crippen LogP contribution in [0.4, 0.5) is 0 Å². The van der Waals surface area contributed by atoms with Crippen molar-refractivity contribution in [1.82, 2.24) is 4.90 Å². The maximum atomic E-state index is 13.4. The topological polar surface area (TPSA) is 80.8 Å². The molecule has 4 rings (SSSR count). The molecule has 128 valence electrons. The number of allylic oxidation sites excluding steroid dienone is 1. The number of piperidine rings is 1. The second-order valence-corrected chi connectivity index (χ2v) is 7.78. The Balaban J connectivity index is 2.05. The van der Waals surface area contributed by atoms with Gasteiger partial charge in [-0.2, -0.15) is 0 Å². The minimum absolute atomic E-state index is 0.0219.